The molecule has 0 aromatic heterocycles. The van der Waals surface area contributed by atoms with Crippen LogP contribution in [0.5, 0.6) is 5.75 Å². The second-order valence-corrected chi connectivity index (χ2v) is 8.54. The maximum atomic E-state index is 13.3. The van der Waals surface area contributed by atoms with Gasteiger partial charge in [0.15, 0.2) is 0 Å². The largest absolute Gasteiger partial charge is 0.497 e. The highest BCUT2D eigenvalue weighted by atomic mass is 16.5. The number of ether oxygens (including phenoxy) is 1. The van der Waals surface area contributed by atoms with Crippen molar-refractivity contribution >= 4 is 11.8 Å². The number of benzene rings is 2. The summed E-state index contributed by atoms with van der Waals surface area (Å²) in [6, 6.07) is 16.5. The van der Waals surface area contributed by atoms with E-state index in [0.717, 1.165) is 37.1 Å². The maximum Gasteiger partial charge on any atom is 0.228 e. The van der Waals surface area contributed by atoms with E-state index in [1.807, 2.05) is 28.0 Å². The first-order valence-electron chi connectivity index (χ1n) is 10.8. The van der Waals surface area contributed by atoms with Crippen molar-refractivity contribution in [2.24, 2.45) is 5.92 Å². The van der Waals surface area contributed by atoms with Crippen LogP contribution in [0.1, 0.15) is 36.0 Å². The van der Waals surface area contributed by atoms with Gasteiger partial charge in [-0.2, -0.15) is 0 Å². The summed E-state index contributed by atoms with van der Waals surface area (Å²) >= 11 is 0. The molecule has 2 amide bonds. The van der Waals surface area contributed by atoms with Gasteiger partial charge in [-0.1, -0.05) is 42.0 Å². The van der Waals surface area contributed by atoms with Gasteiger partial charge in [0.25, 0.3) is 0 Å². The van der Waals surface area contributed by atoms with E-state index in [2.05, 4.69) is 37.3 Å². The first-order chi connectivity index (χ1) is 14.5. The lowest BCUT2D eigenvalue weighted by molar-refractivity contribution is -0.136. The number of carbonyl (C=O) groups is 2. The highest BCUT2D eigenvalue weighted by molar-refractivity contribution is 5.89. The van der Waals surface area contributed by atoms with E-state index in [0.29, 0.717) is 19.5 Å². The van der Waals surface area contributed by atoms with Crippen LogP contribution >= 0.6 is 0 Å². The zero-order valence-corrected chi connectivity index (χ0v) is 17.8. The van der Waals surface area contributed by atoms with Crippen LogP contribution in [-0.4, -0.2) is 47.9 Å². The molecule has 2 saturated heterocycles. The Morgan fingerprint density at radius 3 is 2.70 bits per heavy atom. The fourth-order valence-electron chi connectivity index (χ4n) is 4.65. The predicted octanol–water partition coefficient (Wildman–Crippen LogP) is 3.59. The fourth-order valence-corrected chi connectivity index (χ4v) is 4.65. The van der Waals surface area contributed by atoms with Gasteiger partial charge in [-0.05, 0) is 49.4 Å². The van der Waals surface area contributed by atoms with Gasteiger partial charge in [0.05, 0.1) is 13.0 Å². The van der Waals surface area contributed by atoms with Gasteiger partial charge >= 0.3 is 0 Å². The molecule has 4 rings (SSSR count). The molecule has 2 fully saturated rings. The van der Waals surface area contributed by atoms with Gasteiger partial charge in [0, 0.05) is 32.1 Å². The van der Waals surface area contributed by atoms with Crippen molar-refractivity contribution in [2.45, 2.75) is 45.2 Å². The lowest BCUT2D eigenvalue weighted by atomic mass is 10.0. The number of amides is 2. The molecule has 0 radical (unpaired) electrons. The monoisotopic (exact) mass is 406 g/mol. The van der Waals surface area contributed by atoms with Crippen LogP contribution in [0.4, 0.5) is 0 Å². The highest BCUT2D eigenvalue weighted by Crippen LogP contribution is 2.28. The second kappa shape index (κ2) is 8.90. The molecule has 0 aliphatic carbocycles. The van der Waals surface area contributed by atoms with Crippen molar-refractivity contribution in [1.29, 1.82) is 0 Å². The third kappa shape index (κ3) is 4.50. The van der Waals surface area contributed by atoms with Crippen LogP contribution in [0.15, 0.2) is 48.5 Å². The molecule has 2 aromatic carbocycles. The maximum absolute atomic E-state index is 13.3. The summed E-state index contributed by atoms with van der Waals surface area (Å²) in [5.41, 5.74) is 3.50. The van der Waals surface area contributed by atoms with E-state index in [1.54, 1.807) is 7.11 Å². The summed E-state index contributed by atoms with van der Waals surface area (Å²) < 4.78 is 5.33. The molecule has 158 valence electrons. The third-order valence-electron chi connectivity index (χ3n) is 6.32. The molecule has 30 heavy (non-hydrogen) atoms. The van der Waals surface area contributed by atoms with Gasteiger partial charge < -0.3 is 14.5 Å². The average molecular weight is 407 g/mol. The van der Waals surface area contributed by atoms with Crippen molar-refractivity contribution in [2.75, 3.05) is 20.2 Å². The summed E-state index contributed by atoms with van der Waals surface area (Å²) in [6.07, 6.45) is 3.19. The summed E-state index contributed by atoms with van der Waals surface area (Å²) in [7, 11) is 1.67. The lowest BCUT2D eigenvalue weighted by Crippen LogP contribution is -2.41. The second-order valence-electron chi connectivity index (χ2n) is 8.54. The molecular weight excluding hydrogens is 376 g/mol. The van der Waals surface area contributed by atoms with Crippen LogP contribution in [0.25, 0.3) is 0 Å². The van der Waals surface area contributed by atoms with Gasteiger partial charge in [-0.25, -0.2) is 0 Å². The Kier molecular flexibility index (Phi) is 6.07. The standard InChI is InChI=1S/C25H30N2O3/c1-18-8-10-19(11-9-18)16-26-17-21(15-24(26)28)25(29)27-12-4-6-22(27)13-20-5-3-7-23(14-20)30-2/h3,5,7-11,14,21-22H,4,6,12-13,15-17H2,1-2H3. The molecular formula is C25H30N2O3. The Balaban J connectivity index is 1.39. The summed E-state index contributed by atoms with van der Waals surface area (Å²) in [5.74, 6) is 0.836. The Morgan fingerprint density at radius 2 is 1.93 bits per heavy atom. The van der Waals surface area contributed by atoms with Crippen LogP contribution in [0.2, 0.25) is 0 Å². The van der Waals surface area contributed by atoms with E-state index in [9.17, 15) is 9.59 Å². The van der Waals surface area contributed by atoms with Crippen molar-refractivity contribution in [3.8, 4) is 5.75 Å². The molecule has 2 aromatic rings. The molecule has 5 heteroatoms. The molecule has 2 unspecified atom stereocenters. The summed E-state index contributed by atoms with van der Waals surface area (Å²) in [4.78, 5) is 29.7. The molecule has 0 saturated carbocycles. The Hall–Kier alpha value is -2.82. The van der Waals surface area contributed by atoms with Gasteiger partial charge in [0.1, 0.15) is 5.75 Å². The molecule has 0 N–H and O–H groups in total. The van der Waals surface area contributed by atoms with Crippen molar-refractivity contribution in [1.82, 2.24) is 9.80 Å². The first-order valence-corrected chi connectivity index (χ1v) is 10.8. The fraction of sp³-hybridized carbons (Fsp3) is 0.440. The zero-order valence-electron chi connectivity index (χ0n) is 17.8. The molecule has 5 nitrogen and oxygen atoms in total. The van der Waals surface area contributed by atoms with E-state index in [-0.39, 0.29) is 23.8 Å². The number of hydrogen-bond donors (Lipinski definition) is 0. The molecule has 2 aliphatic heterocycles. The molecule has 0 bridgehead atoms. The Morgan fingerprint density at radius 1 is 1.13 bits per heavy atom. The Bertz CT molecular complexity index is 909. The third-order valence-corrected chi connectivity index (χ3v) is 6.32. The molecule has 0 spiro atoms. The van der Waals surface area contributed by atoms with Crippen LogP contribution < -0.4 is 4.74 Å². The topological polar surface area (TPSA) is 49.9 Å². The minimum Gasteiger partial charge on any atom is -0.497 e. The van der Waals surface area contributed by atoms with Gasteiger partial charge in [-0.3, -0.25) is 9.59 Å². The smallest absolute Gasteiger partial charge is 0.228 e. The van der Waals surface area contributed by atoms with Crippen molar-refractivity contribution in [3.05, 3.63) is 65.2 Å². The van der Waals surface area contributed by atoms with Gasteiger partial charge in [0.2, 0.25) is 11.8 Å². The van der Waals surface area contributed by atoms with Crippen molar-refractivity contribution in [3.63, 3.8) is 0 Å². The normalized spacial score (nSPS) is 21.3. The number of aryl methyl sites for hydroxylation is 1. The van der Waals surface area contributed by atoms with Gasteiger partial charge in [-0.15, -0.1) is 0 Å². The average Bonchev–Trinajstić information content (AvgIpc) is 3.36. The zero-order chi connectivity index (χ0) is 21.1. The minimum absolute atomic E-state index is 0.0810. The summed E-state index contributed by atoms with van der Waals surface area (Å²) in [5, 5.41) is 0. The lowest BCUT2D eigenvalue weighted by Gasteiger charge is -2.27. The van der Waals surface area contributed by atoms with Crippen LogP contribution in [0.3, 0.4) is 0 Å². The molecule has 2 heterocycles. The molecule has 2 aliphatic rings. The quantitative estimate of drug-likeness (QED) is 0.737. The number of likely N-dealkylation sites (tertiary alicyclic amines) is 2. The number of methoxy groups -OCH3 is 1. The number of rotatable bonds is 6. The van der Waals surface area contributed by atoms with E-state index in [4.69, 9.17) is 4.74 Å². The van der Waals surface area contributed by atoms with E-state index >= 15 is 0 Å². The molecule has 2 atom stereocenters. The minimum atomic E-state index is -0.228. The Labute approximate surface area is 178 Å². The van der Waals surface area contributed by atoms with E-state index < -0.39 is 0 Å². The van der Waals surface area contributed by atoms with E-state index in [1.165, 1.54) is 11.1 Å². The highest BCUT2D eigenvalue weighted by Gasteiger charge is 2.39. The first kappa shape index (κ1) is 20.5. The van der Waals surface area contributed by atoms with Crippen LogP contribution in [0, 0.1) is 12.8 Å². The number of hydrogen-bond acceptors (Lipinski definition) is 3. The van der Waals surface area contributed by atoms with Crippen LogP contribution in [-0.2, 0) is 22.6 Å². The summed E-state index contributed by atoms with van der Waals surface area (Å²) in [6.45, 7) is 3.94. The SMILES string of the molecule is COc1cccc(CC2CCCN2C(=O)C2CC(=O)N(Cc3ccc(C)cc3)C2)c1. The number of nitrogens with zero attached hydrogens (tertiary/aromatic N) is 2. The number of carbonyl (C=O) groups excluding carboxylic acids is 2. The van der Waals surface area contributed by atoms with Crippen molar-refractivity contribution < 1.29 is 14.3 Å². The predicted molar refractivity (Wildman–Crippen MR) is 116 cm³/mol.